The highest BCUT2D eigenvalue weighted by Crippen LogP contribution is 2.35. The van der Waals surface area contributed by atoms with Crippen molar-refractivity contribution in [1.29, 1.82) is 0 Å². The van der Waals surface area contributed by atoms with Crippen molar-refractivity contribution < 1.29 is 0 Å². The Morgan fingerprint density at radius 2 is 0.750 bits per heavy atom. The maximum Gasteiger partial charge on any atom is -0.0235 e. The average molecular weight is 303 g/mol. The molecule has 0 saturated heterocycles. The van der Waals surface area contributed by atoms with E-state index >= 15 is 0 Å². The van der Waals surface area contributed by atoms with Gasteiger partial charge in [0.25, 0.3) is 0 Å². The van der Waals surface area contributed by atoms with E-state index in [1.165, 1.54) is 95.6 Å². The molecule has 0 spiro atoms. The van der Waals surface area contributed by atoms with Gasteiger partial charge in [0.1, 0.15) is 0 Å². The second-order valence-corrected chi connectivity index (χ2v) is 12.0. The molecule has 0 bridgehead atoms. The molecular formula is C19H42S. The van der Waals surface area contributed by atoms with Gasteiger partial charge >= 0.3 is 0 Å². The largest absolute Gasteiger partial charge is 0.250 e. The van der Waals surface area contributed by atoms with Crippen LogP contribution < -0.4 is 0 Å². The zero-order valence-corrected chi connectivity index (χ0v) is 15.8. The SMILES string of the molecule is CCCCCCCCCCCCCCCCS(C)(C)C. The van der Waals surface area contributed by atoms with Gasteiger partial charge in [-0.15, -0.1) is 0 Å². The molecule has 0 radical (unpaired) electrons. The Bertz CT molecular complexity index is 181. The smallest absolute Gasteiger partial charge is 0.0235 e. The molecule has 0 rings (SSSR count). The Morgan fingerprint density at radius 3 is 1.05 bits per heavy atom. The fourth-order valence-corrected chi connectivity index (χ4v) is 3.80. The molecule has 124 valence electrons. The summed E-state index contributed by atoms with van der Waals surface area (Å²) in [4.78, 5) is 0. The normalized spacial score (nSPS) is 12.8. The van der Waals surface area contributed by atoms with Gasteiger partial charge in [0.15, 0.2) is 0 Å². The highest BCUT2D eigenvalue weighted by atomic mass is 32.3. The first kappa shape index (κ1) is 20.3. The fourth-order valence-electron chi connectivity index (χ4n) is 2.73. The molecule has 0 aromatic heterocycles. The van der Waals surface area contributed by atoms with Gasteiger partial charge in [-0.25, -0.2) is 10.0 Å². The molecule has 0 nitrogen and oxygen atoms in total. The van der Waals surface area contributed by atoms with Crippen molar-refractivity contribution in [3.05, 3.63) is 0 Å². The van der Waals surface area contributed by atoms with Crippen molar-refractivity contribution in [3.63, 3.8) is 0 Å². The van der Waals surface area contributed by atoms with Crippen LogP contribution in [0.4, 0.5) is 0 Å². The first-order chi connectivity index (χ1) is 9.56. The van der Waals surface area contributed by atoms with Gasteiger partial charge in [-0.1, -0.05) is 90.4 Å². The number of hydrogen-bond donors (Lipinski definition) is 0. The molecule has 0 aliphatic carbocycles. The molecule has 0 saturated carbocycles. The zero-order chi connectivity index (χ0) is 15.1. The summed E-state index contributed by atoms with van der Waals surface area (Å²) in [5.41, 5.74) is 0. The van der Waals surface area contributed by atoms with Gasteiger partial charge in [0, 0.05) is 0 Å². The van der Waals surface area contributed by atoms with Crippen LogP contribution in [0.2, 0.25) is 0 Å². The molecule has 20 heavy (non-hydrogen) atoms. The standard InChI is InChI=1S/C19H42S/c1-5-6-7-8-9-10-11-12-13-14-15-16-17-18-19-20(2,3)4/h5-19H2,1-4H3. The third kappa shape index (κ3) is 18.4. The van der Waals surface area contributed by atoms with E-state index in [2.05, 4.69) is 25.7 Å². The third-order valence-electron chi connectivity index (χ3n) is 4.11. The van der Waals surface area contributed by atoms with Crippen molar-refractivity contribution in [1.82, 2.24) is 0 Å². The van der Waals surface area contributed by atoms with Crippen LogP contribution in [0.25, 0.3) is 0 Å². The van der Waals surface area contributed by atoms with E-state index in [0.29, 0.717) is 0 Å². The Morgan fingerprint density at radius 1 is 0.450 bits per heavy atom. The number of hydrogen-bond acceptors (Lipinski definition) is 0. The number of unbranched alkanes of at least 4 members (excludes halogenated alkanes) is 13. The second kappa shape index (κ2) is 14.3. The van der Waals surface area contributed by atoms with E-state index in [4.69, 9.17) is 0 Å². The summed E-state index contributed by atoms with van der Waals surface area (Å²) in [6.45, 7) is 2.30. The van der Waals surface area contributed by atoms with E-state index in [9.17, 15) is 0 Å². The van der Waals surface area contributed by atoms with Gasteiger partial charge < -0.3 is 0 Å². The van der Waals surface area contributed by atoms with Crippen molar-refractivity contribution in [2.75, 3.05) is 24.5 Å². The summed E-state index contributed by atoms with van der Waals surface area (Å²) >= 11 is 0. The minimum absolute atomic E-state index is 0.240. The van der Waals surface area contributed by atoms with Crippen LogP contribution in [-0.2, 0) is 0 Å². The minimum Gasteiger partial charge on any atom is -0.250 e. The fraction of sp³-hybridized carbons (Fsp3) is 1.00. The summed E-state index contributed by atoms with van der Waals surface area (Å²) in [5, 5.41) is 0. The molecule has 0 N–H and O–H groups in total. The van der Waals surface area contributed by atoms with E-state index in [0.717, 1.165) is 0 Å². The van der Waals surface area contributed by atoms with Crippen LogP contribution in [0.5, 0.6) is 0 Å². The van der Waals surface area contributed by atoms with Crippen LogP contribution in [-0.4, -0.2) is 24.5 Å². The van der Waals surface area contributed by atoms with Gasteiger partial charge in [-0.05, 0) is 30.9 Å². The summed E-state index contributed by atoms with van der Waals surface area (Å²) in [6, 6.07) is 0. The monoisotopic (exact) mass is 302 g/mol. The van der Waals surface area contributed by atoms with E-state index in [-0.39, 0.29) is 10.0 Å². The van der Waals surface area contributed by atoms with Crippen LogP contribution >= 0.6 is 10.0 Å². The van der Waals surface area contributed by atoms with E-state index in [1.807, 2.05) is 0 Å². The molecule has 0 unspecified atom stereocenters. The van der Waals surface area contributed by atoms with Gasteiger partial charge in [-0.3, -0.25) is 0 Å². The third-order valence-corrected chi connectivity index (χ3v) is 5.62. The predicted octanol–water partition coefficient (Wildman–Crippen LogP) is 7.16. The molecule has 0 aromatic carbocycles. The lowest BCUT2D eigenvalue weighted by molar-refractivity contribution is 0.538. The van der Waals surface area contributed by atoms with Gasteiger partial charge in [-0.2, -0.15) is 0 Å². The van der Waals surface area contributed by atoms with Crippen LogP contribution in [0, 0.1) is 0 Å². The average Bonchev–Trinajstić information content (AvgIpc) is 2.38. The Hall–Kier alpha value is 0.350. The van der Waals surface area contributed by atoms with Crippen LogP contribution in [0.1, 0.15) is 96.8 Å². The van der Waals surface area contributed by atoms with Crippen molar-refractivity contribution in [2.45, 2.75) is 96.8 Å². The Balaban J connectivity index is 2.99. The quantitative estimate of drug-likeness (QED) is 0.281. The molecule has 0 aromatic rings. The van der Waals surface area contributed by atoms with Crippen molar-refractivity contribution in [3.8, 4) is 0 Å². The lowest BCUT2D eigenvalue weighted by Crippen LogP contribution is -1.98. The maximum absolute atomic E-state index is 2.44. The van der Waals surface area contributed by atoms with Crippen molar-refractivity contribution in [2.24, 2.45) is 0 Å². The van der Waals surface area contributed by atoms with Gasteiger partial charge in [0.05, 0.1) is 0 Å². The minimum atomic E-state index is -0.240. The molecule has 0 atom stereocenters. The first-order valence-corrected chi connectivity index (χ1v) is 12.2. The molecule has 0 aliphatic heterocycles. The highest BCUT2D eigenvalue weighted by molar-refractivity contribution is 8.32. The number of rotatable bonds is 15. The second-order valence-electron chi connectivity index (χ2n) is 7.39. The van der Waals surface area contributed by atoms with Crippen LogP contribution in [0.15, 0.2) is 0 Å². The predicted molar refractivity (Wildman–Crippen MR) is 101 cm³/mol. The van der Waals surface area contributed by atoms with Gasteiger partial charge in [0.2, 0.25) is 0 Å². The lowest BCUT2D eigenvalue weighted by Gasteiger charge is -2.24. The topological polar surface area (TPSA) is 0 Å². The first-order valence-electron chi connectivity index (χ1n) is 9.22. The molecule has 0 fully saturated rings. The molecule has 0 amide bonds. The Kier molecular flexibility index (Phi) is 14.5. The lowest BCUT2D eigenvalue weighted by atomic mass is 10.0. The van der Waals surface area contributed by atoms with Crippen LogP contribution in [0.3, 0.4) is 0 Å². The zero-order valence-electron chi connectivity index (χ0n) is 15.0. The summed E-state index contributed by atoms with van der Waals surface area (Å²) in [5.74, 6) is 1.48. The maximum atomic E-state index is 2.44. The Labute approximate surface area is 131 Å². The molecule has 0 heterocycles. The summed E-state index contributed by atoms with van der Waals surface area (Å²) in [6.07, 6.45) is 27.9. The molecular weight excluding hydrogens is 260 g/mol. The van der Waals surface area contributed by atoms with Crippen molar-refractivity contribution >= 4 is 10.0 Å². The molecule has 1 heteroatoms. The summed E-state index contributed by atoms with van der Waals surface area (Å²) in [7, 11) is -0.240. The van der Waals surface area contributed by atoms with E-state index in [1.54, 1.807) is 0 Å². The van der Waals surface area contributed by atoms with E-state index < -0.39 is 0 Å². The summed E-state index contributed by atoms with van der Waals surface area (Å²) < 4.78 is 0. The molecule has 0 aliphatic rings. The highest BCUT2D eigenvalue weighted by Gasteiger charge is 2.02.